The molecule has 0 amide bonds. The number of hydrogen-bond acceptors (Lipinski definition) is 1. The van der Waals surface area contributed by atoms with Crippen molar-refractivity contribution in [1.29, 1.82) is 0 Å². The number of rotatable bonds is 7. The van der Waals surface area contributed by atoms with Gasteiger partial charge in [-0.3, -0.25) is 0 Å². The molecule has 0 atom stereocenters. The predicted octanol–water partition coefficient (Wildman–Crippen LogP) is 18.8. The number of hydrogen-bond donors (Lipinski definition) is 0. The van der Waals surface area contributed by atoms with Crippen LogP contribution in [-0.4, -0.2) is 4.57 Å². The highest BCUT2D eigenvalue weighted by atomic mass is 15.1. The average Bonchev–Trinajstić information content (AvgIpc) is 4.08. The first-order chi connectivity index (χ1) is 36.2. The number of nitrogens with zero attached hydrogens (tertiary/aromatic N) is 2. The highest BCUT2D eigenvalue weighted by molar-refractivity contribution is 6.09. The monoisotopic (exact) mass is 926 g/mol. The fraction of sp³-hybridized carbons (Fsp3) is 0.0141. The molecule has 12 aromatic carbocycles. The molecule has 1 spiro atoms. The van der Waals surface area contributed by atoms with Gasteiger partial charge in [-0.1, -0.05) is 224 Å². The minimum absolute atomic E-state index is 0.516. The fourth-order valence-electron chi connectivity index (χ4n) is 12.7. The lowest BCUT2D eigenvalue weighted by Crippen LogP contribution is -2.28. The van der Waals surface area contributed by atoms with Gasteiger partial charge in [0.05, 0.1) is 22.1 Å². The van der Waals surface area contributed by atoms with Crippen LogP contribution in [0.1, 0.15) is 22.3 Å². The molecule has 15 rings (SSSR count). The summed E-state index contributed by atoms with van der Waals surface area (Å²) in [6.45, 7) is 0. The summed E-state index contributed by atoms with van der Waals surface area (Å²) in [5.74, 6) is 0. The van der Waals surface area contributed by atoms with Crippen LogP contribution in [0, 0.1) is 0 Å². The molecule has 2 heteroatoms. The Morgan fingerprint density at radius 2 is 0.658 bits per heavy atom. The van der Waals surface area contributed by atoms with Crippen LogP contribution in [0.2, 0.25) is 0 Å². The molecule has 0 saturated heterocycles. The maximum atomic E-state index is 2.50. The lowest BCUT2D eigenvalue weighted by atomic mass is 9.70. The van der Waals surface area contributed by atoms with Gasteiger partial charge < -0.3 is 9.47 Å². The zero-order valence-corrected chi connectivity index (χ0v) is 40.0. The van der Waals surface area contributed by atoms with E-state index in [4.69, 9.17) is 0 Å². The van der Waals surface area contributed by atoms with E-state index in [-0.39, 0.29) is 0 Å². The predicted molar refractivity (Wildman–Crippen MR) is 306 cm³/mol. The summed E-state index contributed by atoms with van der Waals surface area (Å²) < 4.78 is 2.38. The molecule has 0 N–H and O–H groups in total. The van der Waals surface area contributed by atoms with Crippen molar-refractivity contribution in [1.82, 2.24) is 4.57 Å². The van der Waals surface area contributed by atoms with Crippen LogP contribution in [0.5, 0.6) is 0 Å². The highest BCUT2D eigenvalue weighted by Crippen LogP contribution is 2.65. The van der Waals surface area contributed by atoms with Gasteiger partial charge in [-0.05, 0) is 138 Å². The van der Waals surface area contributed by atoms with Crippen molar-refractivity contribution in [3.8, 4) is 61.3 Å². The summed E-state index contributed by atoms with van der Waals surface area (Å²) in [6, 6.07) is 103. The first-order valence-corrected chi connectivity index (χ1v) is 25.3. The van der Waals surface area contributed by atoms with Crippen LogP contribution in [0.4, 0.5) is 17.1 Å². The molecular formula is C71H46N2. The van der Waals surface area contributed by atoms with Crippen molar-refractivity contribution in [2.24, 2.45) is 0 Å². The summed E-state index contributed by atoms with van der Waals surface area (Å²) in [5, 5.41) is 5.06. The minimum atomic E-state index is -0.516. The van der Waals surface area contributed by atoms with E-state index in [9.17, 15) is 0 Å². The van der Waals surface area contributed by atoms with Gasteiger partial charge in [0.25, 0.3) is 0 Å². The number of aromatic nitrogens is 1. The number of anilines is 3. The molecule has 0 saturated carbocycles. The maximum absolute atomic E-state index is 2.50. The van der Waals surface area contributed by atoms with E-state index in [1.165, 1.54) is 110 Å². The van der Waals surface area contributed by atoms with Crippen molar-refractivity contribution in [3.63, 3.8) is 0 Å². The Kier molecular flexibility index (Phi) is 9.21. The summed E-state index contributed by atoms with van der Waals surface area (Å²) in [5.41, 5.74) is 24.0. The lowest BCUT2D eigenvalue weighted by molar-refractivity contribution is 0.793. The Balaban J connectivity index is 0.862. The van der Waals surface area contributed by atoms with E-state index in [0.717, 1.165) is 22.7 Å². The van der Waals surface area contributed by atoms with Crippen LogP contribution >= 0.6 is 0 Å². The molecule has 1 aromatic heterocycles. The summed E-state index contributed by atoms with van der Waals surface area (Å²) >= 11 is 0. The third kappa shape index (κ3) is 6.17. The minimum Gasteiger partial charge on any atom is -0.310 e. The topological polar surface area (TPSA) is 8.17 Å². The van der Waals surface area contributed by atoms with Crippen molar-refractivity contribution in [2.45, 2.75) is 5.41 Å². The van der Waals surface area contributed by atoms with Crippen molar-refractivity contribution < 1.29 is 0 Å². The molecule has 13 aromatic rings. The van der Waals surface area contributed by atoms with E-state index in [0.29, 0.717) is 0 Å². The van der Waals surface area contributed by atoms with Gasteiger partial charge in [-0.25, -0.2) is 0 Å². The molecular weight excluding hydrogens is 881 g/mol. The molecule has 2 nitrogen and oxygen atoms in total. The van der Waals surface area contributed by atoms with Crippen LogP contribution in [0.15, 0.2) is 279 Å². The molecule has 2 aliphatic rings. The molecule has 0 unspecified atom stereocenters. The third-order valence-electron chi connectivity index (χ3n) is 15.8. The van der Waals surface area contributed by atoms with E-state index in [2.05, 4.69) is 289 Å². The van der Waals surface area contributed by atoms with E-state index >= 15 is 0 Å². The van der Waals surface area contributed by atoms with E-state index < -0.39 is 5.41 Å². The van der Waals surface area contributed by atoms with Gasteiger partial charge in [0.1, 0.15) is 0 Å². The van der Waals surface area contributed by atoms with Crippen molar-refractivity contribution in [3.05, 3.63) is 301 Å². The third-order valence-corrected chi connectivity index (χ3v) is 15.8. The van der Waals surface area contributed by atoms with Gasteiger partial charge >= 0.3 is 0 Å². The Morgan fingerprint density at radius 3 is 1.22 bits per heavy atom. The zero-order valence-electron chi connectivity index (χ0n) is 40.0. The first kappa shape index (κ1) is 41.3. The van der Waals surface area contributed by atoms with Crippen LogP contribution in [0.25, 0.3) is 93.9 Å². The quantitative estimate of drug-likeness (QED) is 0.155. The van der Waals surface area contributed by atoms with Gasteiger partial charge in [-0.2, -0.15) is 0 Å². The molecule has 0 fully saturated rings. The summed E-state index contributed by atoms with van der Waals surface area (Å²) in [4.78, 5) is 2.50. The molecule has 2 aliphatic carbocycles. The van der Waals surface area contributed by atoms with Gasteiger partial charge in [-0.15, -0.1) is 0 Å². The normalized spacial score (nSPS) is 12.8. The standard InChI is InChI=1S/C71H46N2/c1-2-17-56-51(15-1)16-13-23-57(56)52-33-31-47(32-34-52)48-35-41-53(42-36-48)72(54-43-37-49(38-44-54)50-39-45-55(46-40-50)73-67-28-11-6-21-61(67)62-22-7-12-29-68(62)73)69-30-14-24-63-60-20-5-10-27-66(60)71(70(63)69)64-25-8-3-18-58(64)59-19-4-9-26-65(59)71/h1-46H. The second-order valence-corrected chi connectivity index (χ2v) is 19.5. The molecule has 0 radical (unpaired) electrons. The van der Waals surface area contributed by atoms with Crippen LogP contribution in [0.3, 0.4) is 0 Å². The van der Waals surface area contributed by atoms with Crippen LogP contribution < -0.4 is 4.90 Å². The second kappa shape index (κ2) is 16.3. The van der Waals surface area contributed by atoms with E-state index in [1.807, 2.05) is 0 Å². The van der Waals surface area contributed by atoms with Crippen molar-refractivity contribution in [2.75, 3.05) is 4.90 Å². The Hall–Kier alpha value is -9.50. The maximum Gasteiger partial charge on any atom is 0.0746 e. The van der Waals surface area contributed by atoms with Crippen molar-refractivity contribution >= 4 is 49.6 Å². The van der Waals surface area contributed by atoms with Gasteiger partial charge in [0.15, 0.2) is 0 Å². The molecule has 0 aliphatic heterocycles. The number of benzene rings is 12. The highest BCUT2D eigenvalue weighted by Gasteiger charge is 2.53. The Morgan fingerprint density at radius 1 is 0.274 bits per heavy atom. The molecule has 1 heterocycles. The molecule has 0 bridgehead atoms. The zero-order chi connectivity index (χ0) is 48.0. The summed E-state index contributed by atoms with van der Waals surface area (Å²) in [6.07, 6.45) is 0. The Bertz CT molecular complexity index is 4170. The van der Waals surface area contributed by atoms with Gasteiger partial charge in [0.2, 0.25) is 0 Å². The largest absolute Gasteiger partial charge is 0.310 e. The SMILES string of the molecule is c1ccc2c(c1)-c1ccccc1C21c2ccccc2-c2cccc(N(c3ccc(-c4ccc(-c5cccc6ccccc56)cc4)cc3)c3ccc(-c4ccc(-n5c6ccccc6c6ccccc65)cc4)cc3)c21. The molecule has 340 valence electrons. The van der Waals surface area contributed by atoms with Crippen LogP contribution in [-0.2, 0) is 5.41 Å². The van der Waals surface area contributed by atoms with Gasteiger partial charge in [0, 0.05) is 33.4 Å². The fourth-order valence-corrected chi connectivity index (χ4v) is 12.7. The van der Waals surface area contributed by atoms with E-state index in [1.54, 1.807) is 0 Å². The number of para-hydroxylation sites is 2. The smallest absolute Gasteiger partial charge is 0.0746 e. The average molecular weight is 927 g/mol. The Labute approximate surface area is 425 Å². The lowest BCUT2D eigenvalue weighted by Gasteiger charge is -2.36. The number of fused-ring (bicyclic) bond motifs is 14. The summed E-state index contributed by atoms with van der Waals surface area (Å²) in [7, 11) is 0. The molecule has 73 heavy (non-hydrogen) atoms. The second-order valence-electron chi connectivity index (χ2n) is 19.5. The first-order valence-electron chi connectivity index (χ1n) is 25.3.